The maximum absolute atomic E-state index is 12.6. The van der Waals surface area contributed by atoms with Crippen LogP contribution in [0.4, 0.5) is 0 Å². The molecule has 2 heterocycles. The molecule has 0 spiro atoms. The average molecular weight is 400 g/mol. The van der Waals surface area contributed by atoms with E-state index in [1.807, 2.05) is 41.8 Å². The molecule has 1 fully saturated rings. The minimum absolute atomic E-state index is 0.208. The Morgan fingerprint density at radius 2 is 2.04 bits per heavy atom. The highest BCUT2D eigenvalue weighted by molar-refractivity contribution is 7.09. The van der Waals surface area contributed by atoms with E-state index in [-0.39, 0.29) is 5.91 Å². The molecule has 1 aromatic carbocycles. The lowest BCUT2D eigenvalue weighted by molar-refractivity contribution is -0.156. The van der Waals surface area contributed by atoms with Gasteiger partial charge in [0.05, 0.1) is 5.70 Å². The van der Waals surface area contributed by atoms with E-state index in [9.17, 15) is 4.79 Å². The first kappa shape index (κ1) is 20.3. The van der Waals surface area contributed by atoms with E-state index in [0.29, 0.717) is 12.2 Å². The van der Waals surface area contributed by atoms with Crippen LogP contribution in [0.5, 0.6) is 0 Å². The van der Waals surface area contributed by atoms with Crippen molar-refractivity contribution >= 4 is 29.7 Å². The zero-order chi connectivity index (χ0) is 20.0. The summed E-state index contributed by atoms with van der Waals surface area (Å²) in [5.74, 6) is -1.07. The standard InChI is InChI=1S/C21H25N3O3S/c1-21(2)26-18(19(25)23-12-11-16-10-7-13-28-16)20(27-21)24-14-17(22-3)15-8-5-4-6-9-15/h4-10,13-14,18,20,24H,3,11-12H2,1-2H3,(H,23,25)/b17-14-/t18-,20+/m0/s1. The van der Waals surface area contributed by atoms with Crippen LogP contribution in [0.2, 0.25) is 0 Å². The van der Waals surface area contributed by atoms with Gasteiger partial charge in [0.15, 0.2) is 18.1 Å². The molecule has 0 radical (unpaired) electrons. The Labute approximate surface area is 169 Å². The van der Waals surface area contributed by atoms with Crippen LogP contribution in [0.15, 0.2) is 59.0 Å². The minimum atomic E-state index is -0.865. The van der Waals surface area contributed by atoms with Crippen LogP contribution in [-0.2, 0) is 20.7 Å². The molecule has 0 saturated carbocycles. The monoisotopic (exact) mass is 399 g/mol. The van der Waals surface area contributed by atoms with Gasteiger partial charge < -0.3 is 20.1 Å². The lowest BCUT2D eigenvalue weighted by Crippen LogP contribution is -2.46. The van der Waals surface area contributed by atoms with E-state index in [0.717, 1.165) is 12.0 Å². The first-order valence-electron chi connectivity index (χ1n) is 9.12. The molecule has 28 heavy (non-hydrogen) atoms. The van der Waals surface area contributed by atoms with E-state index in [1.165, 1.54) is 4.88 Å². The summed E-state index contributed by atoms with van der Waals surface area (Å²) in [4.78, 5) is 17.9. The molecule has 3 rings (SSSR count). The first-order valence-corrected chi connectivity index (χ1v) is 10.0. The molecule has 148 valence electrons. The largest absolute Gasteiger partial charge is 0.362 e. The van der Waals surface area contributed by atoms with Gasteiger partial charge in [-0.15, -0.1) is 11.3 Å². The summed E-state index contributed by atoms with van der Waals surface area (Å²) >= 11 is 1.68. The SMILES string of the molecule is C=N/C(=C\N[C@@H]1OC(C)(C)O[C@H]1C(=O)NCCc1cccs1)c1ccccc1. The quantitative estimate of drug-likeness (QED) is 0.669. The summed E-state index contributed by atoms with van der Waals surface area (Å²) in [6.07, 6.45) is 1.09. The number of ether oxygens (including phenoxy) is 2. The van der Waals surface area contributed by atoms with Crippen LogP contribution < -0.4 is 10.6 Å². The predicted molar refractivity (Wildman–Crippen MR) is 112 cm³/mol. The Balaban J connectivity index is 1.63. The van der Waals surface area contributed by atoms with E-state index < -0.39 is 18.1 Å². The fourth-order valence-corrected chi connectivity index (χ4v) is 3.64. The van der Waals surface area contributed by atoms with E-state index in [1.54, 1.807) is 31.4 Å². The van der Waals surface area contributed by atoms with Crippen LogP contribution in [0.1, 0.15) is 24.3 Å². The Kier molecular flexibility index (Phi) is 6.61. The Bertz CT molecular complexity index is 819. The molecule has 1 amide bonds. The number of nitrogens with zero attached hydrogens (tertiary/aromatic N) is 1. The normalized spacial score (nSPS) is 21.3. The first-order chi connectivity index (χ1) is 13.5. The van der Waals surface area contributed by atoms with Crippen molar-refractivity contribution in [3.05, 3.63) is 64.5 Å². The van der Waals surface area contributed by atoms with Gasteiger partial charge in [0.2, 0.25) is 0 Å². The second-order valence-corrected chi connectivity index (χ2v) is 7.85. The Hall–Kier alpha value is -2.48. The van der Waals surface area contributed by atoms with Crippen LogP contribution in [-0.4, -0.2) is 37.3 Å². The maximum atomic E-state index is 12.6. The summed E-state index contributed by atoms with van der Waals surface area (Å²) < 4.78 is 11.7. The molecular weight excluding hydrogens is 374 g/mol. The molecule has 0 bridgehead atoms. The van der Waals surface area contributed by atoms with E-state index in [4.69, 9.17) is 9.47 Å². The summed E-state index contributed by atoms with van der Waals surface area (Å²) in [6.45, 7) is 7.74. The summed E-state index contributed by atoms with van der Waals surface area (Å²) in [6, 6.07) is 13.7. The van der Waals surface area contributed by atoms with Gasteiger partial charge in [0, 0.05) is 23.2 Å². The number of hydrogen-bond acceptors (Lipinski definition) is 6. The van der Waals surface area contributed by atoms with Gasteiger partial charge in [0.25, 0.3) is 5.91 Å². The molecule has 1 aliphatic heterocycles. The number of amides is 1. The third kappa shape index (κ3) is 5.28. The van der Waals surface area contributed by atoms with Crippen LogP contribution in [0, 0.1) is 0 Å². The number of thiophene rings is 1. The molecule has 2 aromatic rings. The maximum Gasteiger partial charge on any atom is 0.254 e. The van der Waals surface area contributed by atoms with Crippen molar-refractivity contribution in [3.8, 4) is 0 Å². The van der Waals surface area contributed by atoms with Crippen molar-refractivity contribution in [3.63, 3.8) is 0 Å². The third-order valence-electron chi connectivity index (χ3n) is 4.23. The van der Waals surface area contributed by atoms with Gasteiger partial charge in [-0.05, 0) is 38.4 Å². The second-order valence-electron chi connectivity index (χ2n) is 6.82. The molecule has 1 aliphatic rings. The summed E-state index contributed by atoms with van der Waals surface area (Å²) in [5, 5.41) is 8.08. The lowest BCUT2D eigenvalue weighted by atomic mass is 10.2. The van der Waals surface area contributed by atoms with Crippen molar-refractivity contribution in [1.82, 2.24) is 10.6 Å². The van der Waals surface area contributed by atoms with Crippen molar-refractivity contribution in [2.75, 3.05) is 6.54 Å². The number of carbonyl (C=O) groups excluding carboxylic acids is 1. The smallest absolute Gasteiger partial charge is 0.254 e. The van der Waals surface area contributed by atoms with E-state index in [2.05, 4.69) is 28.4 Å². The van der Waals surface area contributed by atoms with Gasteiger partial charge >= 0.3 is 0 Å². The van der Waals surface area contributed by atoms with Crippen LogP contribution >= 0.6 is 11.3 Å². The number of hydrogen-bond donors (Lipinski definition) is 2. The van der Waals surface area contributed by atoms with Crippen LogP contribution in [0.3, 0.4) is 0 Å². The fraction of sp³-hybridized carbons (Fsp3) is 0.333. The molecule has 6 nitrogen and oxygen atoms in total. The minimum Gasteiger partial charge on any atom is -0.362 e. The summed E-state index contributed by atoms with van der Waals surface area (Å²) in [5.41, 5.74) is 1.57. The zero-order valence-corrected chi connectivity index (χ0v) is 16.9. The molecule has 0 unspecified atom stereocenters. The lowest BCUT2D eigenvalue weighted by Gasteiger charge is -2.17. The molecular formula is C21H25N3O3S. The summed E-state index contributed by atoms with van der Waals surface area (Å²) in [7, 11) is 0. The van der Waals surface area contributed by atoms with Gasteiger partial charge in [-0.25, -0.2) is 0 Å². The molecule has 2 N–H and O–H groups in total. The van der Waals surface area contributed by atoms with Crippen LogP contribution in [0.25, 0.3) is 5.70 Å². The van der Waals surface area contributed by atoms with Gasteiger partial charge in [-0.3, -0.25) is 9.79 Å². The fourth-order valence-electron chi connectivity index (χ4n) is 2.93. The Morgan fingerprint density at radius 3 is 2.71 bits per heavy atom. The highest BCUT2D eigenvalue weighted by Gasteiger charge is 2.45. The second kappa shape index (κ2) is 9.14. The van der Waals surface area contributed by atoms with Gasteiger partial charge in [0.1, 0.15) is 0 Å². The molecule has 7 heteroatoms. The van der Waals surface area contributed by atoms with Crippen molar-refractivity contribution in [2.24, 2.45) is 4.99 Å². The average Bonchev–Trinajstić information content (AvgIpc) is 3.30. The molecule has 1 saturated heterocycles. The number of nitrogens with one attached hydrogen (secondary N) is 2. The molecule has 2 atom stereocenters. The number of aliphatic imine (C=N–C) groups is 1. The molecule has 0 aliphatic carbocycles. The molecule has 1 aromatic heterocycles. The number of carbonyl (C=O) groups is 1. The topological polar surface area (TPSA) is 72.0 Å². The predicted octanol–water partition coefficient (Wildman–Crippen LogP) is 3.17. The number of benzene rings is 1. The highest BCUT2D eigenvalue weighted by Crippen LogP contribution is 2.27. The van der Waals surface area contributed by atoms with E-state index >= 15 is 0 Å². The zero-order valence-electron chi connectivity index (χ0n) is 16.1. The van der Waals surface area contributed by atoms with Gasteiger partial charge in [-0.1, -0.05) is 36.4 Å². The van der Waals surface area contributed by atoms with Crippen molar-refractivity contribution in [1.29, 1.82) is 0 Å². The highest BCUT2D eigenvalue weighted by atomic mass is 32.1. The Morgan fingerprint density at radius 1 is 1.25 bits per heavy atom. The van der Waals surface area contributed by atoms with Gasteiger partial charge in [-0.2, -0.15) is 0 Å². The van der Waals surface area contributed by atoms with Crippen molar-refractivity contribution < 1.29 is 14.3 Å². The van der Waals surface area contributed by atoms with Crippen molar-refractivity contribution in [2.45, 2.75) is 38.4 Å². The number of rotatable bonds is 8. The third-order valence-corrected chi connectivity index (χ3v) is 5.17.